The Morgan fingerprint density at radius 2 is 2.12 bits per heavy atom. The normalized spacial score (nSPS) is 10.6. The van der Waals surface area contributed by atoms with Crippen molar-refractivity contribution in [2.24, 2.45) is 0 Å². The van der Waals surface area contributed by atoms with Gasteiger partial charge in [0.25, 0.3) is 5.91 Å². The van der Waals surface area contributed by atoms with Crippen LogP contribution in [0.2, 0.25) is 0 Å². The molecule has 2 aromatic carbocycles. The summed E-state index contributed by atoms with van der Waals surface area (Å²) >= 11 is 0. The molecule has 0 unspecified atom stereocenters. The van der Waals surface area contributed by atoms with Gasteiger partial charge in [0.05, 0.1) is 12.8 Å². The van der Waals surface area contributed by atoms with Gasteiger partial charge in [0.15, 0.2) is 11.5 Å². The lowest BCUT2D eigenvalue weighted by Crippen LogP contribution is -2.22. The molecule has 0 saturated carbocycles. The van der Waals surface area contributed by atoms with Crippen LogP contribution in [0.4, 0.5) is 4.39 Å². The highest BCUT2D eigenvalue weighted by atomic mass is 19.1. The van der Waals surface area contributed by atoms with Gasteiger partial charge in [0, 0.05) is 24.5 Å². The average molecular weight is 355 g/mol. The van der Waals surface area contributed by atoms with E-state index in [2.05, 4.69) is 10.3 Å². The van der Waals surface area contributed by atoms with Crippen molar-refractivity contribution in [1.82, 2.24) is 14.9 Å². The van der Waals surface area contributed by atoms with Crippen LogP contribution in [-0.4, -0.2) is 27.7 Å². The fourth-order valence-corrected chi connectivity index (χ4v) is 2.59. The highest BCUT2D eigenvalue weighted by molar-refractivity contribution is 5.94. The molecule has 0 radical (unpaired) electrons. The minimum absolute atomic E-state index is 0.0449. The second-order valence-corrected chi connectivity index (χ2v) is 5.70. The molecule has 0 aliphatic carbocycles. The predicted molar refractivity (Wildman–Crippen MR) is 94.1 cm³/mol. The summed E-state index contributed by atoms with van der Waals surface area (Å²) in [6.45, 7) is 1.96. The molecule has 26 heavy (non-hydrogen) atoms. The van der Waals surface area contributed by atoms with Crippen LogP contribution in [0.3, 0.4) is 0 Å². The number of aryl methyl sites for hydroxylation is 1. The number of hydrogen-bond donors (Lipinski definition) is 2. The Morgan fingerprint density at radius 3 is 2.77 bits per heavy atom. The molecule has 0 atom stereocenters. The first-order valence-electron chi connectivity index (χ1n) is 7.93. The predicted octanol–water partition coefficient (Wildman–Crippen LogP) is 2.96. The van der Waals surface area contributed by atoms with Crippen LogP contribution in [0, 0.1) is 12.7 Å². The van der Waals surface area contributed by atoms with Crippen molar-refractivity contribution >= 4 is 5.91 Å². The first-order valence-corrected chi connectivity index (χ1v) is 7.93. The van der Waals surface area contributed by atoms with Gasteiger partial charge in [-0.05, 0) is 42.8 Å². The number of rotatable bonds is 5. The maximum absolute atomic E-state index is 14.4. The first kappa shape index (κ1) is 17.5. The average Bonchev–Trinajstić information content (AvgIpc) is 3.06. The van der Waals surface area contributed by atoms with Gasteiger partial charge in [-0.15, -0.1) is 0 Å². The van der Waals surface area contributed by atoms with Gasteiger partial charge >= 0.3 is 0 Å². The number of methoxy groups -OCH3 is 1. The molecule has 0 spiro atoms. The van der Waals surface area contributed by atoms with E-state index in [-0.39, 0.29) is 24.0 Å². The number of ether oxygens (including phenoxy) is 1. The number of aromatic nitrogens is 2. The standard InChI is InChI=1S/C19H18FN3O3/c1-12-21-7-8-23(12)16-5-3-13(9-15(16)20)11-22-19(25)14-4-6-17(24)18(10-14)26-2/h3-10,24H,11H2,1-2H3,(H,22,25). The smallest absolute Gasteiger partial charge is 0.251 e. The van der Waals surface area contributed by atoms with Crippen molar-refractivity contribution in [3.8, 4) is 17.2 Å². The molecule has 0 fully saturated rings. The van der Waals surface area contributed by atoms with E-state index in [1.54, 1.807) is 36.0 Å². The van der Waals surface area contributed by atoms with Gasteiger partial charge in [0.1, 0.15) is 11.6 Å². The molecule has 0 saturated heterocycles. The Hall–Kier alpha value is -3.35. The van der Waals surface area contributed by atoms with E-state index in [0.29, 0.717) is 22.6 Å². The number of halogens is 1. The number of hydrogen-bond acceptors (Lipinski definition) is 4. The summed E-state index contributed by atoms with van der Waals surface area (Å²) in [4.78, 5) is 16.3. The third-order valence-electron chi connectivity index (χ3n) is 3.99. The van der Waals surface area contributed by atoms with E-state index < -0.39 is 5.82 Å². The number of nitrogens with zero attached hydrogens (tertiary/aromatic N) is 2. The maximum atomic E-state index is 14.4. The van der Waals surface area contributed by atoms with Crippen LogP contribution in [0.5, 0.6) is 11.5 Å². The Labute approximate surface area is 149 Å². The second-order valence-electron chi connectivity index (χ2n) is 5.70. The van der Waals surface area contributed by atoms with Gasteiger partial charge in [-0.1, -0.05) is 6.07 Å². The second kappa shape index (κ2) is 7.26. The SMILES string of the molecule is COc1cc(C(=O)NCc2ccc(-n3ccnc3C)c(F)c2)ccc1O. The van der Waals surface area contributed by atoms with Crippen LogP contribution < -0.4 is 10.1 Å². The van der Waals surface area contributed by atoms with Crippen LogP contribution in [-0.2, 0) is 6.54 Å². The molecule has 1 aromatic heterocycles. The van der Waals surface area contributed by atoms with Crippen molar-refractivity contribution in [3.05, 3.63) is 71.6 Å². The number of aromatic hydroxyl groups is 1. The third-order valence-corrected chi connectivity index (χ3v) is 3.99. The van der Waals surface area contributed by atoms with E-state index in [0.717, 1.165) is 0 Å². The zero-order chi connectivity index (χ0) is 18.7. The van der Waals surface area contributed by atoms with Crippen molar-refractivity contribution in [2.75, 3.05) is 7.11 Å². The van der Waals surface area contributed by atoms with Crippen LogP contribution in [0.1, 0.15) is 21.7 Å². The number of carbonyl (C=O) groups is 1. The molecule has 1 heterocycles. The van der Waals surface area contributed by atoms with E-state index in [1.807, 2.05) is 0 Å². The van der Waals surface area contributed by atoms with Crippen LogP contribution >= 0.6 is 0 Å². The molecular formula is C19H18FN3O3. The fraction of sp³-hybridized carbons (Fsp3) is 0.158. The van der Waals surface area contributed by atoms with E-state index in [4.69, 9.17) is 4.74 Å². The van der Waals surface area contributed by atoms with Crippen molar-refractivity contribution < 1.29 is 19.0 Å². The van der Waals surface area contributed by atoms with Gasteiger partial charge in [-0.25, -0.2) is 9.37 Å². The van der Waals surface area contributed by atoms with E-state index >= 15 is 0 Å². The molecule has 6 nitrogen and oxygen atoms in total. The van der Waals surface area contributed by atoms with Crippen LogP contribution in [0.15, 0.2) is 48.8 Å². The van der Waals surface area contributed by atoms with Gasteiger partial charge in [-0.2, -0.15) is 0 Å². The van der Waals surface area contributed by atoms with Crippen molar-refractivity contribution in [2.45, 2.75) is 13.5 Å². The summed E-state index contributed by atoms with van der Waals surface area (Å²) in [6, 6.07) is 9.08. The monoisotopic (exact) mass is 355 g/mol. The number of phenolic OH excluding ortho intramolecular Hbond substituents is 1. The Kier molecular flexibility index (Phi) is 4.88. The Morgan fingerprint density at radius 1 is 1.31 bits per heavy atom. The lowest BCUT2D eigenvalue weighted by molar-refractivity contribution is 0.0950. The number of imidazole rings is 1. The van der Waals surface area contributed by atoms with Crippen LogP contribution in [0.25, 0.3) is 5.69 Å². The van der Waals surface area contributed by atoms with Gasteiger partial charge in [-0.3, -0.25) is 4.79 Å². The molecule has 0 aliphatic heterocycles. The molecule has 0 aliphatic rings. The fourth-order valence-electron chi connectivity index (χ4n) is 2.59. The first-order chi connectivity index (χ1) is 12.5. The highest BCUT2D eigenvalue weighted by Crippen LogP contribution is 2.26. The zero-order valence-corrected chi connectivity index (χ0v) is 14.4. The molecular weight excluding hydrogens is 337 g/mol. The molecule has 0 bridgehead atoms. The number of benzene rings is 2. The summed E-state index contributed by atoms with van der Waals surface area (Å²) in [7, 11) is 1.41. The van der Waals surface area contributed by atoms with Crippen molar-refractivity contribution in [3.63, 3.8) is 0 Å². The number of carbonyl (C=O) groups excluding carboxylic acids is 1. The van der Waals surface area contributed by atoms with Gasteiger partial charge < -0.3 is 19.7 Å². The maximum Gasteiger partial charge on any atom is 0.251 e. The summed E-state index contributed by atoms with van der Waals surface area (Å²) < 4.78 is 21.0. The minimum Gasteiger partial charge on any atom is -0.504 e. The lowest BCUT2D eigenvalue weighted by Gasteiger charge is -2.10. The molecule has 3 rings (SSSR count). The lowest BCUT2D eigenvalue weighted by atomic mass is 10.1. The van der Waals surface area contributed by atoms with E-state index in [9.17, 15) is 14.3 Å². The topological polar surface area (TPSA) is 76.4 Å². The number of nitrogens with one attached hydrogen (secondary N) is 1. The quantitative estimate of drug-likeness (QED) is 0.738. The molecule has 1 amide bonds. The molecule has 2 N–H and O–H groups in total. The summed E-state index contributed by atoms with van der Waals surface area (Å²) in [5, 5.41) is 12.3. The zero-order valence-electron chi connectivity index (χ0n) is 14.4. The number of phenols is 1. The Bertz CT molecular complexity index is 953. The largest absolute Gasteiger partial charge is 0.504 e. The summed E-state index contributed by atoms with van der Waals surface area (Å²) in [5.74, 6) is 0.105. The Balaban J connectivity index is 1.71. The third kappa shape index (κ3) is 3.51. The van der Waals surface area contributed by atoms with Crippen molar-refractivity contribution in [1.29, 1.82) is 0 Å². The molecule has 7 heteroatoms. The summed E-state index contributed by atoms with van der Waals surface area (Å²) in [5.41, 5.74) is 1.37. The van der Waals surface area contributed by atoms with E-state index in [1.165, 1.54) is 31.4 Å². The highest BCUT2D eigenvalue weighted by Gasteiger charge is 2.11. The number of amides is 1. The minimum atomic E-state index is -0.399. The summed E-state index contributed by atoms with van der Waals surface area (Å²) in [6.07, 6.45) is 3.29. The molecule has 134 valence electrons. The van der Waals surface area contributed by atoms with Gasteiger partial charge in [0.2, 0.25) is 0 Å². The molecule has 3 aromatic rings.